The Morgan fingerprint density at radius 2 is 2.00 bits per heavy atom. The molecule has 0 fully saturated rings. The number of carbonyl (C=O) groups excluding carboxylic acids is 1. The van der Waals surface area contributed by atoms with E-state index in [1.54, 1.807) is 12.1 Å². The predicted molar refractivity (Wildman–Crippen MR) is 55.3 cm³/mol. The van der Waals surface area contributed by atoms with E-state index in [1.807, 2.05) is 19.1 Å². The molecule has 0 saturated heterocycles. The number of esters is 1. The van der Waals surface area contributed by atoms with E-state index in [9.17, 15) is 4.79 Å². The lowest BCUT2D eigenvalue weighted by molar-refractivity contribution is 0.0531. The van der Waals surface area contributed by atoms with Crippen molar-refractivity contribution in [1.82, 2.24) is 0 Å². The minimum atomic E-state index is -0.264. The summed E-state index contributed by atoms with van der Waals surface area (Å²) in [6, 6.07) is 7.33. The van der Waals surface area contributed by atoms with Crippen molar-refractivity contribution in [3.05, 3.63) is 35.4 Å². The molecule has 0 aliphatic heterocycles. The highest BCUT2D eigenvalue weighted by Gasteiger charge is 2.04. The summed E-state index contributed by atoms with van der Waals surface area (Å²) in [5, 5.41) is 0.671. The number of hydrogen-bond acceptors (Lipinski definition) is 2. The first kappa shape index (κ1) is 10.3. The third kappa shape index (κ3) is 3.19. The van der Waals surface area contributed by atoms with E-state index in [1.165, 1.54) is 0 Å². The van der Waals surface area contributed by atoms with E-state index in [2.05, 4.69) is 15.9 Å². The summed E-state index contributed by atoms with van der Waals surface area (Å²) in [6.07, 6.45) is 0. The van der Waals surface area contributed by atoms with Crippen LogP contribution in [0.1, 0.15) is 15.9 Å². The van der Waals surface area contributed by atoms with Gasteiger partial charge >= 0.3 is 5.97 Å². The maximum atomic E-state index is 11.3. The zero-order chi connectivity index (χ0) is 9.68. The van der Waals surface area contributed by atoms with E-state index in [0.717, 1.165) is 5.56 Å². The summed E-state index contributed by atoms with van der Waals surface area (Å²) in [5.74, 6) is -0.264. The van der Waals surface area contributed by atoms with Crippen LogP contribution in [0.15, 0.2) is 24.3 Å². The standard InChI is InChI=1S/C10H11BrO2/c1-8-2-4-9(5-3-8)10(12)13-7-6-11/h2-5H,6-7H2,1H3. The van der Waals surface area contributed by atoms with Gasteiger partial charge in [0.1, 0.15) is 6.61 Å². The largest absolute Gasteiger partial charge is 0.461 e. The van der Waals surface area contributed by atoms with Crippen molar-refractivity contribution in [2.24, 2.45) is 0 Å². The fourth-order valence-corrected chi connectivity index (χ4v) is 1.07. The highest BCUT2D eigenvalue weighted by atomic mass is 79.9. The molecule has 0 saturated carbocycles. The van der Waals surface area contributed by atoms with Gasteiger partial charge in [0.15, 0.2) is 0 Å². The first-order chi connectivity index (χ1) is 6.24. The third-order valence-electron chi connectivity index (χ3n) is 1.60. The Morgan fingerprint density at radius 3 is 2.54 bits per heavy atom. The van der Waals surface area contributed by atoms with Gasteiger partial charge in [-0.1, -0.05) is 33.6 Å². The van der Waals surface area contributed by atoms with Crippen LogP contribution in [0.2, 0.25) is 0 Å². The zero-order valence-electron chi connectivity index (χ0n) is 7.42. The summed E-state index contributed by atoms with van der Waals surface area (Å²) in [5.41, 5.74) is 1.74. The van der Waals surface area contributed by atoms with Crippen molar-refractivity contribution < 1.29 is 9.53 Å². The lowest BCUT2D eigenvalue weighted by Gasteiger charge is -2.02. The zero-order valence-corrected chi connectivity index (χ0v) is 9.00. The molecule has 0 aliphatic carbocycles. The summed E-state index contributed by atoms with van der Waals surface area (Å²) in [6.45, 7) is 2.39. The van der Waals surface area contributed by atoms with Crippen LogP contribution in [0.25, 0.3) is 0 Å². The van der Waals surface area contributed by atoms with Crippen LogP contribution < -0.4 is 0 Å². The third-order valence-corrected chi connectivity index (χ3v) is 1.92. The molecule has 13 heavy (non-hydrogen) atoms. The molecule has 0 heterocycles. The molecular formula is C10H11BrO2. The van der Waals surface area contributed by atoms with Crippen molar-refractivity contribution in [2.75, 3.05) is 11.9 Å². The Bertz CT molecular complexity index is 279. The number of hydrogen-bond donors (Lipinski definition) is 0. The second kappa shape index (κ2) is 5.02. The molecule has 2 nitrogen and oxygen atoms in total. The van der Waals surface area contributed by atoms with Gasteiger partial charge in [-0.2, -0.15) is 0 Å². The molecule has 3 heteroatoms. The molecule has 0 amide bonds. The topological polar surface area (TPSA) is 26.3 Å². The molecule has 0 atom stereocenters. The highest BCUT2D eigenvalue weighted by Crippen LogP contribution is 2.04. The SMILES string of the molecule is Cc1ccc(C(=O)OCCBr)cc1. The molecular weight excluding hydrogens is 232 g/mol. The summed E-state index contributed by atoms with van der Waals surface area (Å²) < 4.78 is 4.93. The Balaban J connectivity index is 2.61. The average molecular weight is 243 g/mol. The van der Waals surface area contributed by atoms with Crippen LogP contribution in [0, 0.1) is 6.92 Å². The lowest BCUT2D eigenvalue weighted by Crippen LogP contribution is -2.06. The fraction of sp³-hybridized carbons (Fsp3) is 0.300. The maximum absolute atomic E-state index is 11.3. The molecule has 0 bridgehead atoms. The first-order valence-corrected chi connectivity index (χ1v) is 5.16. The van der Waals surface area contributed by atoms with E-state index < -0.39 is 0 Å². The van der Waals surface area contributed by atoms with Crippen LogP contribution in [-0.2, 0) is 4.74 Å². The van der Waals surface area contributed by atoms with Crippen molar-refractivity contribution in [3.63, 3.8) is 0 Å². The molecule has 0 aromatic heterocycles. The van der Waals surface area contributed by atoms with Gasteiger partial charge in [-0.3, -0.25) is 0 Å². The Morgan fingerprint density at radius 1 is 1.38 bits per heavy atom. The van der Waals surface area contributed by atoms with E-state index in [4.69, 9.17) is 4.74 Å². The quantitative estimate of drug-likeness (QED) is 0.602. The molecule has 0 unspecified atom stereocenters. The Labute approximate surface area is 86.0 Å². The number of halogens is 1. The minimum Gasteiger partial charge on any atom is -0.461 e. The molecule has 0 spiro atoms. The van der Waals surface area contributed by atoms with Crippen molar-refractivity contribution in [2.45, 2.75) is 6.92 Å². The smallest absolute Gasteiger partial charge is 0.338 e. The minimum absolute atomic E-state index is 0.264. The summed E-state index contributed by atoms with van der Waals surface area (Å²) in [7, 11) is 0. The van der Waals surface area contributed by atoms with Gasteiger partial charge in [-0.05, 0) is 19.1 Å². The second-order valence-corrected chi connectivity index (χ2v) is 3.48. The number of ether oxygens (including phenoxy) is 1. The number of rotatable bonds is 3. The van der Waals surface area contributed by atoms with Crippen LogP contribution >= 0.6 is 15.9 Å². The Hall–Kier alpha value is -0.830. The number of benzene rings is 1. The van der Waals surface area contributed by atoms with Crippen LogP contribution in [0.4, 0.5) is 0 Å². The molecule has 0 N–H and O–H groups in total. The summed E-state index contributed by atoms with van der Waals surface area (Å²) in [4.78, 5) is 11.3. The first-order valence-electron chi connectivity index (χ1n) is 4.04. The van der Waals surface area contributed by atoms with E-state index >= 15 is 0 Å². The van der Waals surface area contributed by atoms with E-state index in [0.29, 0.717) is 17.5 Å². The average Bonchev–Trinajstić information content (AvgIpc) is 2.15. The van der Waals surface area contributed by atoms with Crippen LogP contribution in [0.5, 0.6) is 0 Å². The van der Waals surface area contributed by atoms with Crippen molar-refractivity contribution in [3.8, 4) is 0 Å². The van der Waals surface area contributed by atoms with Gasteiger partial charge in [-0.25, -0.2) is 4.79 Å². The molecule has 1 aromatic rings. The molecule has 1 rings (SSSR count). The summed E-state index contributed by atoms with van der Waals surface area (Å²) >= 11 is 3.18. The van der Waals surface area contributed by atoms with Crippen molar-refractivity contribution >= 4 is 21.9 Å². The normalized spacial score (nSPS) is 9.69. The molecule has 0 aliphatic rings. The van der Waals surface area contributed by atoms with Crippen molar-refractivity contribution in [1.29, 1.82) is 0 Å². The number of aryl methyl sites for hydroxylation is 1. The fourth-order valence-electron chi connectivity index (χ4n) is 0.904. The van der Waals surface area contributed by atoms with Gasteiger partial charge in [0, 0.05) is 5.33 Å². The van der Waals surface area contributed by atoms with Gasteiger partial charge in [0.25, 0.3) is 0 Å². The monoisotopic (exact) mass is 242 g/mol. The molecule has 0 radical (unpaired) electrons. The Kier molecular flexibility index (Phi) is 3.96. The predicted octanol–water partition coefficient (Wildman–Crippen LogP) is 2.55. The van der Waals surface area contributed by atoms with Gasteiger partial charge in [0.05, 0.1) is 5.56 Å². The lowest BCUT2D eigenvalue weighted by atomic mass is 10.1. The van der Waals surface area contributed by atoms with E-state index in [-0.39, 0.29) is 5.97 Å². The molecule has 70 valence electrons. The van der Waals surface area contributed by atoms with Crippen LogP contribution in [0.3, 0.4) is 0 Å². The van der Waals surface area contributed by atoms with Gasteiger partial charge in [0.2, 0.25) is 0 Å². The second-order valence-electron chi connectivity index (χ2n) is 2.69. The van der Waals surface area contributed by atoms with Crippen LogP contribution in [-0.4, -0.2) is 17.9 Å². The van der Waals surface area contributed by atoms with Gasteiger partial charge < -0.3 is 4.74 Å². The highest BCUT2D eigenvalue weighted by molar-refractivity contribution is 9.09. The van der Waals surface area contributed by atoms with Gasteiger partial charge in [-0.15, -0.1) is 0 Å². The number of carbonyl (C=O) groups is 1. The molecule has 1 aromatic carbocycles. The number of alkyl halides is 1. The maximum Gasteiger partial charge on any atom is 0.338 e.